The van der Waals surface area contributed by atoms with Gasteiger partial charge in [-0.05, 0) is 43.5 Å². The van der Waals surface area contributed by atoms with Crippen LogP contribution in [0.15, 0.2) is 35.3 Å². The third kappa shape index (κ3) is 1.78. The maximum absolute atomic E-state index is 12.1. The molecule has 3 heterocycles. The van der Waals surface area contributed by atoms with Crippen molar-refractivity contribution in [2.45, 2.75) is 20.3 Å². The topological polar surface area (TPSA) is 53.4 Å². The summed E-state index contributed by atoms with van der Waals surface area (Å²) in [5, 5.41) is 6.43. The number of aromatic nitrogens is 3. The molecule has 3 aromatic rings. The summed E-state index contributed by atoms with van der Waals surface area (Å²) in [7, 11) is 0. The van der Waals surface area contributed by atoms with Crippen LogP contribution < -0.4 is 10.6 Å². The molecular formula is C17H18N4O. The molecule has 1 aromatic carbocycles. The van der Waals surface area contributed by atoms with Gasteiger partial charge >= 0.3 is 5.69 Å². The molecule has 22 heavy (non-hydrogen) atoms. The standard InChI is InChI=1S/C17H18N4O/c1-11-15-10-18-19-17(22)21(15)12(2)16(11)13-5-3-6-14(9-13)20-7-4-8-20/h3,5-6,9-10H,4,7-8H2,1-2H3,(H,19,22). The van der Waals surface area contributed by atoms with E-state index in [9.17, 15) is 4.79 Å². The molecule has 0 aliphatic carbocycles. The van der Waals surface area contributed by atoms with Gasteiger partial charge < -0.3 is 4.90 Å². The smallest absolute Gasteiger partial charge is 0.346 e. The molecule has 2 aromatic heterocycles. The summed E-state index contributed by atoms with van der Waals surface area (Å²) < 4.78 is 1.70. The Morgan fingerprint density at radius 2 is 2.05 bits per heavy atom. The second-order valence-corrected chi connectivity index (χ2v) is 5.87. The van der Waals surface area contributed by atoms with Gasteiger partial charge in [-0.1, -0.05) is 12.1 Å². The Bertz CT molecular complexity index is 918. The highest BCUT2D eigenvalue weighted by Gasteiger charge is 2.18. The summed E-state index contributed by atoms with van der Waals surface area (Å²) in [6.45, 7) is 6.29. The third-order valence-corrected chi connectivity index (χ3v) is 4.60. The van der Waals surface area contributed by atoms with E-state index in [-0.39, 0.29) is 5.69 Å². The van der Waals surface area contributed by atoms with Crippen molar-refractivity contribution in [3.63, 3.8) is 0 Å². The monoisotopic (exact) mass is 294 g/mol. The van der Waals surface area contributed by atoms with E-state index in [1.165, 1.54) is 12.1 Å². The zero-order valence-corrected chi connectivity index (χ0v) is 12.8. The summed E-state index contributed by atoms with van der Waals surface area (Å²) in [4.78, 5) is 14.4. The molecule has 4 rings (SSSR count). The summed E-state index contributed by atoms with van der Waals surface area (Å²) in [5.41, 5.74) is 6.26. The SMILES string of the molecule is Cc1c(-c2cccc(N3CCC3)c2)c(C)n2c(=O)[nH]ncc12. The van der Waals surface area contributed by atoms with Crippen molar-refractivity contribution >= 4 is 11.2 Å². The van der Waals surface area contributed by atoms with Crippen LogP contribution in [0.3, 0.4) is 0 Å². The van der Waals surface area contributed by atoms with Crippen LogP contribution in [0.1, 0.15) is 17.7 Å². The zero-order chi connectivity index (χ0) is 15.3. The average Bonchev–Trinajstić information content (AvgIpc) is 2.70. The van der Waals surface area contributed by atoms with Crippen molar-refractivity contribution in [3.8, 4) is 11.1 Å². The number of hydrogen-bond donors (Lipinski definition) is 1. The molecule has 0 unspecified atom stereocenters. The fourth-order valence-electron chi connectivity index (χ4n) is 3.33. The van der Waals surface area contributed by atoms with Crippen molar-refractivity contribution in [3.05, 3.63) is 52.2 Å². The van der Waals surface area contributed by atoms with E-state index >= 15 is 0 Å². The second kappa shape index (κ2) is 4.73. The Hall–Kier alpha value is -2.56. The van der Waals surface area contributed by atoms with Crippen LogP contribution >= 0.6 is 0 Å². The Balaban J connectivity index is 1.94. The number of benzene rings is 1. The maximum Gasteiger partial charge on any atom is 0.346 e. The molecule has 0 atom stereocenters. The van der Waals surface area contributed by atoms with Crippen LogP contribution in [-0.2, 0) is 0 Å². The molecule has 1 aliphatic rings. The number of nitrogens with zero attached hydrogens (tertiary/aromatic N) is 3. The fraction of sp³-hybridized carbons (Fsp3) is 0.294. The van der Waals surface area contributed by atoms with E-state index in [0.717, 1.165) is 41.0 Å². The van der Waals surface area contributed by atoms with Gasteiger partial charge in [-0.25, -0.2) is 9.89 Å². The van der Waals surface area contributed by atoms with Gasteiger partial charge in [0.15, 0.2) is 0 Å². The Morgan fingerprint density at radius 3 is 2.73 bits per heavy atom. The highest BCUT2D eigenvalue weighted by molar-refractivity contribution is 5.80. The van der Waals surface area contributed by atoms with Crippen LogP contribution in [0, 0.1) is 13.8 Å². The predicted molar refractivity (Wildman–Crippen MR) is 87.6 cm³/mol. The lowest BCUT2D eigenvalue weighted by Gasteiger charge is -2.33. The lowest BCUT2D eigenvalue weighted by molar-refractivity contribution is 0.618. The van der Waals surface area contributed by atoms with E-state index in [1.54, 1.807) is 10.6 Å². The first-order valence-corrected chi connectivity index (χ1v) is 7.57. The van der Waals surface area contributed by atoms with Crippen LogP contribution in [0.5, 0.6) is 0 Å². The lowest BCUT2D eigenvalue weighted by Crippen LogP contribution is -2.36. The molecule has 5 heteroatoms. The van der Waals surface area contributed by atoms with Gasteiger partial charge in [0.25, 0.3) is 0 Å². The maximum atomic E-state index is 12.1. The Kier molecular flexibility index (Phi) is 2.82. The summed E-state index contributed by atoms with van der Waals surface area (Å²) >= 11 is 0. The molecule has 0 spiro atoms. The van der Waals surface area contributed by atoms with Crippen molar-refractivity contribution in [2.24, 2.45) is 0 Å². The number of hydrogen-bond acceptors (Lipinski definition) is 3. The van der Waals surface area contributed by atoms with Gasteiger partial charge in [0.2, 0.25) is 0 Å². The number of aromatic amines is 1. The largest absolute Gasteiger partial charge is 0.371 e. The highest BCUT2D eigenvalue weighted by Crippen LogP contribution is 2.33. The molecule has 112 valence electrons. The molecule has 0 bridgehead atoms. The molecule has 5 nitrogen and oxygen atoms in total. The normalized spacial score (nSPS) is 14.4. The first-order chi connectivity index (χ1) is 10.7. The minimum absolute atomic E-state index is 0.191. The molecule has 0 amide bonds. The van der Waals surface area contributed by atoms with Crippen molar-refractivity contribution in [1.29, 1.82) is 0 Å². The predicted octanol–water partition coefficient (Wildman–Crippen LogP) is 2.52. The first kappa shape index (κ1) is 13.1. The Morgan fingerprint density at radius 1 is 1.23 bits per heavy atom. The van der Waals surface area contributed by atoms with E-state index in [4.69, 9.17) is 0 Å². The first-order valence-electron chi connectivity index (χ1n) is 7.57. The number of fused-ring (bicyclic) bond motifs is 1. The second-order valence-electron chi connectivity index (χ2n) is 5.87. The fourth-order valence-corrected chi connectivity index (χ4v) is 3.33. The van der Waals surface area contributed by atoms with E-state index < -0.39 is 0 Å². The van der Waals surface area contributed by atoms with Crippen LogP contribution in [0.2, 0.25) is 0 Å². The van der Waals surface area contributed by atoms with Gasteiger partial charge in [0, 0.05) is 30.0 Å². The highest BCUT2D eigenvalue weighted by atomic mass is 16.1. The minimum Gasteiger partial charge on any atom is -0.371 e. The quantitative estimate of drug-likeness (QED) is 0.790. The molecule has 0 saturated carbocycles. The molecule has 1 fully saturated rings. The third-order valence-electron chi connectivity index (χ3n) is 4.60. The number of rotatable bonds is 2. The van der Waals surface area contributed by atoms with Crippen LogP contribution in [-0.4, -0.2) is 27.7 Å². The van der Waals surface area contributed by atoms with Crippen molar-refractivity contribution in [2.75, 3.05) is 18.0 Å². The zero-order valence-electron chi connectivity index (χ0n) is 12.8. The average molecular weight is 294 g/mol. The van der Waals surface area contributed by atoms with Crippen molar-refractivity contribution in [1.82, 2.24) is 14.6 Å². The van der Waals surface area contributed by atoms with Crippen molar-refractivity contribution < 1.29 is 0 Å². The summed E-state index contributed by atoms with van der Waals surface area (Å²) in [6.07, 6.45) is 2.98. The number of nitrogens with one attached hydrogen (secondary N) is 1. The Labute approximate surface area is 128 Å². The number of aryl methyl sites for hydroxylation is 2. The van der Waals surface area contributed by atoms with Gasteiger partial charge in [-0.15, -0.1) is 0 Å². The molecule has 1 aliphatic heterocycles. The van der Waals surface area contributed by atoms with Gasteiger partial charge in [-0.3, -0.25) is 4.40 Å². The molecule has 0 radical (unpaired) electrons. The van der Waals surface area contributed by atoms with Crippen LogP contribution in [0.25, 0.3) is 16.6 Å². The van der Waals surface area contributed by atoms with Crippen LogP contribution in [0.4, 0.5) is 5.69 Å². The molecule has 1 N–H and O–H groups in total. The molecule has 1 saturated heterocycles. The lowest BCUT2D eigenvalue weighted by atomic mass is 10.0. The summed E-state index contributed by atoms with van der Waals surface area (Å²) in [6, 6.07) is 8.57. The van der Waals surface area contributed by atoms with E-state index in [1.807, 2.05) is 6.92 Å². The van der Waals surface area contributed by atoms with Gasteiger partial charge in [0.1, 0.15) is 0 Å². The molecular weight excluding hydrogens is 276 g/mol. The van der Waals surface area contributed by atoms with E-state index in [0.29, 0.717) is 0 Å². The summed E-state index contributed by atoms with van der Waals surface area (Å²) in [5.74, 6) is 0. The minimum atomic E-state index is -0.191. The van der Waals surface area contributed by atoms with Gasteiger partial charge in [0.05, 0.1) is 11.7 Å². The van der Waals surface area contributed by atoms with Gasteiger partial charge in [-0.2, -0.15) is 5.10 Å². The van der Waals surface area contributed by atoms with E-state index in [2.05, 4.69) is 46.3 Å². The number of H-pyrrole nitrogens is 1. The number of anilines is 1.